The van der Waals surface area contributed by atoms with Gasteiger partial charge in [-0.3, -0.25) is 0 Å². The van der Waals surface area contributed by atoms with Gasteiger partial charge in [-0.05, 0) is 62.1 Å². The fraction of sp³-hybridized carbons (Fsp3) is 0.250. The van der Waals surface area contributed by atoms with Crippen LogP contribution < -0.4 is 9.05 Å². The molecule has 3 rings (SSSR count). The molecule has 0 saturated heterocycles. The molecule has 3 nitrogen and oxygen atoms in total. The predicted octanol–water partition coefficient (Wildman–Crippen LogP) is 5.23. The maximum Gasteiger partial charge on any atom is 0.419 e. The van der Waals surface area contributed by atoms with Crippen molar-refractivity contribution in [2.75, 3.05) is 0 Å². The Morgan fingerprint density at radius 3 is 1.67 bits per heavy atom. The third-order valence-corrected chi connectivity index (χ3v) is 5.15. The van der Waals surface area contributed by atoms with Gasteiger partial charge in [0.1, 0.15) is 11.5 Å². The van der Waals surface area contributed by atoms with Crippen molar-refractivity contribution in [1.82, 2.24) is 0 Å². The van der Waals surface area contributed by atoms with E-state index < -0.39 is 8.25 Å². The molecule has 0 atom stereocenters. The molecule has 1 aliphatic rings. The predicted molar refractivity (Wildman–Crippen MR) is 86.2 cm³/mol. The van der Waals surface area contributed by atoms with Gasteiger partial charge < -0.3 is 9.05 Å². The first-order valence-corrected chi connectivity index (χ1v) is 8.78. The van der Waals surface area contributed by atoms with E-state index in [2.05, 4.69) is 26.0 Å². The maximum atomic E-state index is 12.2. The Balaban J connectivity index is 2.22. The second kappa shape index (κ2) is 5.43. The van der Waals surface area contributed by atoms with E-state index in [1.165, 1.54) is 0 Å². The summed E-state index contributed by atoms with van der Waals surface area (Å²) in [6, 6.07) is 8.18. The molecule has 2 aromatic rings. The Hall–Kier alpha value is -1.38. The molecular formula is C16H17O3PS. The lowest BCUT2D eigenvalue weighted by Crippen LogP contribution is -1.99. The van der Waals surface area contributed by atoms with Crippen LogP contribution in [0.3, 0.4) is 0 Å². The van der Waals surface area contributed by atoms with E-state index in [0.717, 1.165) is 32.0 Å². The highest BCUT2D eigenvalue weighted by Gasteiger charge is 2.21. The minimum atomic E-state index is -2.61. The Morgan fingerprint density at radius 2 is 1.24 bits per heavy atom. The summed E-state index contributed by atoms with van der Waals surface area (Å²) >= 11 is 1.60. The Morgan fingerprint density at radius 1 is 0.810 bits per heavy atom. The summed E-state index contributed by atoms with van der Waals surface area (Å²) in [4.78, 5) is 1.97. The van der Waals surface area contributed by atoms with E-state index in [-0.39, 0.29) is 0 Å². The first kappa shape index (κ1) is 14.6. The fourth-order valence-corrected chi connectivity index (χ4v) is 4.93. The number of hydrogen-bond acceptors (Lipinski definition) is 4. The molecule has 2 aromatic carbocycles. The number of rotatable bonds is 0. The Kier molecular flexibility index (Phi) is 3.76. The van der Waals surface area contributed by atoms with Crippen molar-refractivity contribution < 1.29 is 13.6 Å². The van der Waals surface area contributed by atoms with Gasteiger partial charge in [0.05, 0.1) is 9.79 Å². The van der Waals surface area contributed by atoms with E-state index in [1.54, 1.807) is 11.8 Å². The number of fused-ring (bicyclic) bond motifs is 2. The summed E-state index contributed by atoms with van der Waals surface area (Å²) in [5.74, 6) is 1.33. The molecule has 0 aliphatic carbocycles. The molecule has 0 aromatic heterocycles. The van der Waals surface area contributed by atoms with Gasteiger partial charge in [0.2, 0.25) is 0 Å². The third-order valence-electron chi connectivity index (χ3n) is 3.36. The number of hydrogen-bond donors (Lipinski definition) is 0. The van der Waals surface area contributed by atoms with Gasteiger partial charge in [-0.25, -0.2) is 4.57 Å². The van der Waals surface area contributed by atoms with Gasteiger partial charge in [-0.2, -0.15) is 0 Å². The van der Waals surface area contributed by atoms with Gasteiger partial charge in [-0.1, -0.05) is 23.9 Å². The molecule has 0 radical (unpaired) electrons. The monoisotopic (exact) mass is 320 g/mol. The zero-order valence-corrected chi connectivity index (χ0v) is 14.3. The normalized spacial score (nSPS) is 14.3. The number of aryl methyl sites for hydroxylation is 4. The first-order valence-electron chi connectivity index (χ1n) is 6.74. The highest BCUT2D eigenvalue weighted by atomic mass is 32.2. The third kappa shape index (κ3) is 2.83. The van der Waals surface area contributed by atoms with Crippen LogP contribution in [0, 0.1) is 27.7 Å². The fourth-order valence-electron chi connectivity index (χ4n) is 2.55. The zero-order valence-electron chi connectivity index (χ0n) is 12.4. The van der Waals surface area contributed by atoms with Gasteiger partial charge in [0.25, 0.3) is 0 Å². The molecule has 0 N–H and O–H groups in total. The Labute approximate surface area is 129 Å². The summed E-state index contributed by atoms with van der Waals surface area (Å²) < 4.78 is 23.3. The van der Waals surface area contributed by atoms with E-state index >= 15 is 0 Å². The molecule has 1 heterocycles. The summed E-state index contributed by atoms with van der Waals surface area (Å²) in [6.45, 7) is 8.03. The molecule has 0 bridgehead atoms. The van der Waals surface area contributed by atoms with Crippen LogP contribution in [-0.2, 0) is 4.57 Å². The summed E-state index contributed by atoms with van der Waals surface area (Å²) in [7, 11) is -2.61. The van der Waals surface area contributed by atoms with Crippen LogP contribution in [0.2, 0.25) is 0 Å². The van der Waals surface area contributed by atoms with Crippen LogP contribution in [0.1, 0.15) is 22.3 Å². The molecule has 0 spiro atoms. The molecule has 110 valence electrons. The SMILES string of the molecule is Cc1cc(C)c2c(c1)Sc1cc(C)cc(C)c1O[PH](=O)O2. The van der Waals surface area contributed by atoms with Gasteiger partial charge >= 0.3 is 8.25 Å². The van der Waals surface area contributed by atoms with Gasteiger partial charge in [0, 0.05) is 0 Å². The van der Waals surface area contributed by atoms with Crippen LogP contribution in [0.25, 0.3) is 0 Å². The van der Waals surface area contributed by atoms with Crippen molar-refractivity contribution in [1.29, 1.82) is 0 Å². The molecule has 21 heavy (non-hydrogen) atoms. The molecular weight excluding hydrogens is 303 g/mol. The first-order chi connectivity index (χ1) is 9.94. The lowest BCUT2D eigenvalue weighted by molar-refractivity contribution is 0.404. The van der Waals surface area contributed by atoms with Gasteiger partial charge in [0.15, 0.2) is 0 Å². The molecule has 5 heteroatoms. The standard InChI is InChI=1S/C16H17O3PS/c1-9-5-11(3)15-13(7-9)21-14-8-10(2)6-12(4)16(14)19-20(17)18-15/h5-8,20H,1-4H3. The summed E-state index contributed by atoms with van der Waals surface area (Å²) in [5.41, 5.74) is 4.28. The molecule has 0 saturated carbocycles. The lowest BCUT2D eigenvalue weighted by Gasteiger charge is -2.21. The minimum Gasteiger partial charge on any atom is -0.416 e. The van der Waals surface area contributed by atoms with E-state index in [1.807, 2.05) is 26.0 Å². The largest absolute Gasteiger partial charge is 0.419 e. The summed E-state index contributed by atoms with van der Waals surface area (Å²) in [5, 5.41) is 0. The molecule has 1 aliphatic heterocycles. The second-order valence-corrected chi connectivity index (χ2v) is 7.37. The van der Waals surface area contributed by atoms with Crippen molar-refractivity contribution in [2.24, 2.45) is 0 Å². The number of benzene rings is 2. The topological polar surface area (TPSA) is 35.5 Å². The highest BCUT2D eigenvalue weighted by molar-refractivity contribution is 7.99. The second-order valence-electron chi connectivity index (χ2n) is 5.37. The van der Waals surface area contributed by atoms with Crippen LogP contribution in [0.4, 0.5) is 0 Å². The quantitative estimate of drug-likeness (QED) is 0.622. The van der Waals surface area contributed by atoms with E-state index in [0.29, 0.717) is 11.5 Å². The van der Waals surface area contributed by atoms with E-state index in [4.69, 9.17) is 9.05 Å². The van der Waals surface area contributed by atoms with Crippen molar-refractivity contribution in [3.63, 3.8) is 0 Å². The molecule has 0 fully saturated rings. The smallest absolute Gasteiger partial charge is 0.416 e. The van der Waals surface area contributed by atoms with Crippen molar-refractivity contribution in [3.8, 4) is 11.5 Å². The van der Waals surface area contributed by atoms with Crippen LogP contribution >= 0.6 is 20.0 Å². The average Bonchev–Trinajstić information content (AvgIpc) is 2.36. The molecule has 0 unspecified atom stereocenters. The maximum absolute atomic E-state index is 12.2. The minimum absolute atomic E-state index is 0.666. The average molecular weight is 320 g/mol. The van der Waals surface area contributed by atoms with Crippen molar-refractivity contribution in [2.45, 2.75) is 37.5 Å². The van der Waals surface area contributed by atoms with Crippen LogP contribution in [0.5, 0.6) is 11.5 Å². The van der Waals surface area contributed by atoms with Crippen LogP contribution in [0.15, 0.2) is 34.1 Å². The van der Waals surface area contributed by atoms with Gasteiger partial charge in [-0.15, -0.1) is 0 Å². The van der Waals surface area contributed by atoms with E-state index in [9.17, 15) is 4.57 Å². The lowest BCUT2D eigenvalue weighted by atomic mass is 10.1. The van der Waals surface area contributed by atoms with Crippen molar-refractivity contribution >= 4 is 20.0 Å². The Bertz CT molecular complexity index is 694. The summed E-state index contributed by atoms with van der Waals surface area (Å²) in [6.07, 6.45) is 0. The zero-order chi connectivity index (χ0) is 15.1. The van der Waals surface area contributed by atoms with Crippen LogP contribution in [-0.4, -0.2) is 0 Å². The highest BCUT2D eigenvalue weighted by Crippen LogP contribution is 2.49. The molecule has 0 amide bonds. The van der Waals surface area contributed by atoms with Crippen molar-refractivity contribution in [3.05, 3.63) is 46.5 Å².